The highest BCUT2D eigenvalue weighted by molar-refractivity contribution is 5.94. The molecule has 0 bridgehead atoms. The fraction of sp³-hybridized carbons (Fsp3) is 0.0400. The number of hydrogen-bond donors (Lipinski definition) is 2. The lowest BCUT2D eigenvalue weighted by molar-refractivity contribution is 0.628. The average Bonchev–Trinajstić information content (AvgIpc) is 3.28. The number of imidazole rings is 1. The Labute approximate surface area is 182 Å². The van der Waals surface area contributed by atoms with Crippen LogP contribution in [0.2, 0.25) is 0 Å². The van der Waals surface area contributed by atoms with Gasteiger partial charge < -0.3 is 10.3 Å². The SMILES string of the molecule is Fc1cccc(-c2cncc3[nH]c(C4=CCNc5ccc(-c6ccccn6)nc54)nc23)c1. The van der Waals surface area contributed by atoms with Gasteiger partial charge in [-0.25, -0.2) is 14.4 Å². The van der Waals surface area contributed by atoms with Crippen LogP contribution < -0.4 is 5.32 Å². The van der Waals surface area contributed by atoms with Gasteiger partial charge in [-0.05, 0) is 42.0 Å². The predicted molar refractivity (Wildman–Crippen MR) is 122 cm³/mol. The number of anilines is 1. The summed E-state index contributed by atoms with van der Waals surface area (Å²) in [4.78, 5) is 21.9. The minimum atomic E-state index is -0.295. The zero-order chi connectivity index (χ0) is 21.5. The smallest absolute Gasteiger partial charge is 0.140 e. The van der Waals surface area contributed by atoms with Crippen LogP contribution in [0, 0.1) is 5.82 Å². The second-order valence-electron chi connectivity index (χ2n) is 7.49. The Morgan fingerprint density at radius 1 is 0.906 bits per heavy atom. The topological polar surface area (TPSA) is 79.4 Å². The van der Waals surface area contributed by atoms with E-state index < -0.39 is 0 Å². The molecule has 1 aliphatic rings. The highest BCUT2D eigenvalue weighted by Crippen LogP contribution is 2.34. The maximum Gasteiger partial charge on any atom is 0.140 e. The molecule has 5 aromatic rings. The lowest BCUT2D eigenvalue weighted by atomic mass is 10.0. The average molecular weight is 420 g/mol. The van der Waals surface area contributed by atoms with Gasteiger partial charge >= 0.3 is 0 Å². The summed E-state index contributed by atoms with van der Waals surface area (Å²) in [5.41, 5.74) is 7.26. The second kappa shape index (κ2) is 7.39. The number of nitrogens with one attached hydrogen (secondary N) is 2. The van der Waals surface area contributed by atoms with Crippen molar-refractivity contribution in [3.05, 3.63) is 96.6 Å². The first kappa shape index (κ1) is 18.4. The molecule has 0 atom stereocenters. The van der Waals surface area contributed by atoms with Gasteiger partial charge in [-0.2, -0.15) is 0 Å². The third-order valence-electron chi connectivity index (χ3n) is 5.46. The van der Waals surface area contributed by atoms with Crippen molar-refractivity contribution in [1.29, 1.82) is 0 Å². The Bertz CT molecular complexity index is 1490. The quantitative estimate of drug-likeness (QED) is 0.426. The molecule has 1 aliphatic heterocycles. The third kappa shape index (κ3) is 3.11. The summed E-state index contributed by atoms with van der Waals surface area (Å²) in [5.74, 6) is 0.399. The van der Waals surface area contributed by atoms with Crippen LogP contribution in [0.5, 0.6) is 0 Å². The van der Waals surface area contributed by atoms with Crippen molar-refractivity contribution in [3.8, 4) is 22.5 Å². The minimum Gasteiger partial charge on any atom is -0.380 e. The number of halogens is 1. The third-order valence-corrected chi connectivity index (χ3v) is 5.46. The van der Waals surface area contributed by atoms with E-state index in [1.54, 1.807) is 24.7 Å². The molecule has 2 N–H and O–H groups in total. The largest absolute Gasteiger partial charge is 0.380 e. The standard InChI is InChI=1S/C25H17FN6/c26-16-5-3-4-15(12-16)18-13-27-14-22-24(18)32-25(31-22)17-9-11-29-21-8-7-20(30-23(17)21)19-6-1-2-10-28-19/h1-10,12-14,29H,11H2,(H,31,32). The van der Waals surface area contributed by atoms with Gasteiger partial charge in [-0.3, -0.25) is 9.97 Å². The molecular formula is C25H17FN6. The van der Waals surface area contributed by atoms with Crippen molar-refractivity contribution >= 4 is 22.3 Å². The van der Waals surface area contributed by atoms with Crippen LogP contribution in [-0.4, -0.2) is 31.5 Å². The van der Waals surface area contributed by atoms with E-state index in [4.69, 9.17) is 9.97 Å². The summed E-state index contributed by atoms with van der Waals surface area (Å²) in [6.07, 6.45) is 7.26. The van der Waals surface area contributed by atoms with Crippen molar-refractivity contribution in [3.63, 3.8) is 0 Å². The molecule has 0 radical (unpaired) electrons. The first-order valence-corrected chi connectivity index (χ1v) is 10.2. The summed E-state index contributed by atoms with van der Waals surface area (Å²) in [6.45, 7) is 0.666. The maximum absolute atomic E-state index is 13.8. The van der Waals surface area contributed by atoms with Crippen LogP contribution >= 0.6 is 0 Å². The Kier molecular flexibility index (Phi) is 4.24. The van der Waals surface area contributed by atoms with E-state index >= 15 is 0 Å². The monoisotopic (exact) mass is 420 g/mol. The molecule has 154 valence electrons. The van der Waals surface area contributed by atoms with Crippen LogP contribution in [-0.2, 0) is 0 Å². The fourth-order valence-electron chi connectivity index (χ4n) is 3.96. The van der Waals surface area contributed by atoms with Crippen LogP contribution in [0.1, 0.15) is 11.5 Å². The first-order valence-electron chi connectivity index (χ1n) is 10.2. The van der Waals surface area contributed by atoms with Crippen molar-refractivity contribution in [2.24, 2.45) is 0 Å². The molecule has 1 aromatic carbocycles. The van der Waals surface area contributed by atoms with Crippen LogP contribution in [0.15, 0.2) is 79.3 Å². The van der Waals surface area contributed by atoms with Gasteiger partial charge in [0.2, 0.25) is 0 Å². The van der Waals surface area contributed by atoms with Crippen molar-refractivity contribution in [1.82, 2.24) is 24.9 Å². The number of benzene rings is 1. The predicted octanol–water partition coefficient (Wildman–Crippen LogP) is 5.08. The normalized spacial score (nSPS) is 12.8. The number of fused-ring (bicyclic) bond motifs is 2. The number of aromatic nitrogens is 5. The zero-order valence-corrected chi connectivity index (χ0v) is 16.9. The summed E-state index contributed by atoms with van der Waals surface area (Å²) in [5, 5.41) is 3.36. The highest BCUT2D eigenvalue weighted by atomic mass is 19.1. The molecule has 32 heavy (non-hydrogen) atoms. The van der Waals surface area contributed by atoms with E-state index in [1.807, 2.05) is 36.4 Å². The Balaban J connectivity index is 1.48. The van der Waals surface area contributed by atoms with Crippen LogP contribution in [0.25, 0.3) is 39.1 Å². The van der Waals surface area contributed by atoms with Gasteiger partial charge in [-0.1, -0.05) is 24.3 Å². The molecule has 0 saturated heterocycles. The van der Waals surface area contributed by atoms with Crippen molar-refractivity contribution in [2.45, 2.75) is 0 Å². The van der Waals surface area contributed by atoms with Gasteiger partial charge in [0, 0.05) is 30.1 Å². The van der Waals surface area contributed by atoms with Gasteiger partial charge in [-0.15, -0.1) is 0 Å². The van der Waals surface area contributed by atoms with E-state index in [0.29, 0.717) is 12.4 Å². The van der Waals surface area contributed by atoms with Gasteiger partial charge in [0.15, 0.2) is 0 Å². The lowest BCUT2D eigenvalue weighted by Gasteiger charge is -2.18. The van der Waals surface area contributed by atoms with Gasteiger partial charge in [0.1, 0.15) is 11.6 Å². The number of pyridine rings is 3. The molecule has 0 aliphatic carbocycles. The van der Waals surface area contributed by atoms with Crippen molar-refractivity contribution < 1.29 is 4.39 Å². The van der Waals surface area contributed by atoms with E-state index in [-0.39, 0.29) is 5.82 Å². The molecule has 6 rings (SSSR count). The minimum absolute atomic E-state index is 0.295. The van der Waals surface area contributed by atoms with E-state index in [0.717, 1.165) is 50.5 Å². The van der Waals surface area contributed by atoms with Crippen LogP contribution in [0.3, 0.4) is 0 Å². The highest BCUT2D eigenvalue weighted by Gasteiger charge is 2.21. The summed E-state index contributed by atoms with van der Waals surface area (Å²) >= 11 is 0. The molecule has 5 heterocycles. The molecule has 0 spiro atoms. The van der Waals surface area contributed by atoms with Gasteiger partial charge in [0.25, 0.3) is 0 Å². The number of aromatic amines is 1. The van der Waals surface area contributed by atoms with E-state index in [1.165, 1.54) is 12.1 Å². The number of rotatable bonds is 3. The Morgan fingerprint density at radius 3 is 2.75 bits per heavy atom. The summed E-state index contributed by atoms with van der Waals surface area (Å²) in [7, 11) is 0. The molecule has 0 saturated carbocycles. The zero-order valence-electron chi connectivity index (χ0n) is 16.9. The number of nitrogens with zero attached hydrogens (tertiary/aromatic N) is 4. The molecule has 0 fully saturated rings. The van der Waals surface area contributed by atoms with Crippen LogP contribution in [0.4, 0.5) is 10.1 Å². The maximum atomic E-state index is 13.8. The molecule has 0 amide bonds. The molecule has 0 unspecified atom stereocenters. The first-order chi connectivity index (χ1) is 15.8. The fourth-order valence-corrected chi connectivity index (χ4v) is 3.96. The van der Waals surface area contributed by atoms with Crippen molar-refractivity contribution in [2.75, 3.05) is 11.9 Å². The molecule has 4 aromatic heterocycles. The summed E-state index contributed by atoms with van der Waals surface area (Å²) in [6, 6.07) is 16.2. The lowest BCUT2D eigenvalue weighted by Crippen LogP contribution is -2.11. The number of H-pyrrole nitrogens is 1. The van der Waals surface area contributed by atoms with E-state index in [9.17, 15) is 4.39 Å². The molecule has 6 nitrogen and oxygen atoms in total. The number of hydrogen-bond acceptors (Lipinski definition) is 5. The molecule has 7 heteroatoms. The Hall–Kier alpha value is -4.39. The Morgan fingerprint density at radius 2 is 1.88 bits per heavy atom. The summed E-state index contributed by atoms with van der Waals surface area (Å²) < 4.78 is 13.8. The van der Waals surface area contributed by atoms with E-state index in [2.05, 4.69) is 26.3 Å². The molecular weight excluding hydrogens is 403 g/mol. The second-order valence-corrected chi connectivity index (χ2v) is 7.49. The van der Waals surface area contributed by atoms with Gasteiger partial charge in [0.05, 0.1) is 40.0 Å².